The first-order valence-electron chi connectivity index (χ1n) is 4.57. The van der Waals surface area contributed by atoms with Crippen LogP contribution in [0.1, 0.15) is 0 Å². The highest BCUT2D eigenvalue weighted by atomic mass is 32.2. The predicted molar refractivity (Wildman–Crippen MR) is 69.8 cm³/mol. The average molecular weight is 257 g/mol. The molecule has 0 aliphatic heterocycles. The van der Waals surface area contributed by atoms with Gasteiger partial charge in [-0.25, -0.2) is 4.98 Å². The van der Waals surface area contributed by atoms with Gasteiger partial charge in [0.1, 0.15) is 0 Å². The highest BCUT2D eigenvalue weighted by Gasteiger charge is 2.10. The van der Waals surface area contributed by atoms with Crippen LogP contribution < -0.4 is 0 Å². The van der Waals surface area contributed by atoms with Crippen molar-refractivity contribution in [2.24, 2.45) is 0 Å². The fourth-order valence-corrected chi connectivity index (χ4v) is 4.65. The Hall–Kier alpha value is -0.310. The molecular weight excluding hydrogens is 245 g/mol. The second-order valence-electron chi connectivity index (χ2n) is 3.79. The topological polar surface area (TPSA) is 30.0 Å². The molecule has 0 amide bonds. The molecule has 0 unspecified atom stereocenters. The predicted octanol–water partition coefficient (Wildman–Crippen LogP) is 3.97. The summed E-state index contributed by atoms with van der Waals surface area (Å²) in [5, 5.41) is 0. The smallest absolute Gasteiger partial charge is 0.151 e. The number of fused-ring (bicyclic) bond motifs is 1. The van der Waals surface area contributed by atoms with E-state index in [4.69, 9.17) is 0 Å². The van der Waals surface area contributed by atoms with E-state index in [0.29, 0.717) is 5.49 Å². The van der Waals surface area contributed by atoms with Crippen molar-refractivity contribution in [2.75, 3.05) is 18.8 Å². The minimum atomic E-state index is -1.94. The number of thioether (sulfide) groups is 1. The lowest BCUT2D eigenvalue weighted by atomic mass is 10.3. The maximum Gasteiger partial charge on any atom is 0.151 e. The van der Waals surface area contributed by atoms with Crippen LogP contribution in [0.15, 0.2) is 28.6 Å². The van der Waals surface area contributed by atoms with Gasteiger partial charge in [-0.05, 0) is 25.5 Å². The summed E-state index contributed by atoms with van der Waals surface area (Å²) >= 11 is 3.27. The van der Waals surface area contributed by atoms with Crippen molar-refractivity contribution in [3.63, 3.8) is 0 Å². The van der Waals surface area contributed by atoms with E-state index in [2.05, 4.69) is 11.1 Å². The maximum absolute atomic E-state index is 11.6. The number of aromatic nitrogens is 1. The highest BCUT2D eigenvalue weighted by Crippen LogP contribution is 2.43. The molecule has 0 fully saturated rings. The van der Waals surface area contributed by atoms with E-state index in [1.54, 1.807) is 23.1 Å². The molecule has 2 nitrogen and oxygen atoms in total. The SMILES string of the molecule is CP(C)(=O)CSc1nc2ccccc2s1. The molecule has 1 aromatic heterocycles. The number of benzene rings is 1. The van der Waals surface area contributed by atoms with Crippen LogP contribution in [0.5, 0.6) is 0 Å². The molecule has 15 heavy (non-hydrogen) atoms. The molecule has 1 heterocycles. The van der Waals surface area contributed by atoms with Gasteiger partial charge in [-0.1, -0.05) is 23.9 Å². The zero-order chi connectivity index (χ0) is 10.9. The van der Waals surface area contributed by atoms with Gasteiger partial charge in [-0.2, -0.15) is 0 Å². The van der Waals surface area contributed by atoms with Crippen LogP contribution in [0.2, 0.25) is 0 Å². The number of rotatable bonds is 3. The number of nitrogens with zero attached hydrogens (tertiary/aromatic N) is 1. The zero-order valence-corrected chi connectivity index (χ0v) is 11.2. The van der Waals surface area contributed by atoms with Crippen molar-refractivity contribution in [1.82, 2.24) is 4.98 Å². The first kappa shape index (κ1) is 11.2. The maximum atomic E-state index is 11.6. The first-order valence-corrected chi connectivity index (χ1v) is 9.16. The fourth-order valence-electron chi connectivity index (χ4n) is 1.12. The Kier molecular flexibility index (Phi) is 3.19. The van der Waals surface area contributed by atoms with Crippen LogP contribution in [0.25, 0.3) is 10.2 Å². The third kappa shape index (κ3) is 3.07. The van der Waals surface area contributed by atoms with E-state index in [-0.39, 0.29) is 0 Å². The van der Waals surface area contributed by atoms with E-state index >= 15 is 0 Å². The highest BCUT2D eigenvalue weighted by molar-refractivity contribution is 8.06. The minimum Gasteiger partial charge on any atom is -0.323 e. The molecule has 1 aromatic carbocycles. The Morgan fingerprint density at radius 3 is 2.80 bits per heavy atom. The van der Waals surface area contributed by atoms with Crippen LogP contribution in [-0.2, 0) is 4.57 Å². The summed E-state index contributed by atoms with van der Waals surface area (Å²) in [4.78, 5) is 4.48. The van der Waals surface area contributed by atoms with Crippen molar-refractivity contribution in [2.45, 2.75) is 4.34 Å². The second-order valence-corrected chi connectivity index (χ2v) is 9.94. The van der Waals surface area contributed by atoms with E-state index in [9.17, 15) is 4.57 Å². The Morgan fingerprint density at radius 1 is 1.40 bits per heavy atom. The minimum absolute atomic E-state index is 0.673. The zero-order valence-electron chi connectivity index (χ0n) is 8.64. The van der Waals surface area contributed by atoms with Crippen LogP contribution in [0.3, 0.4) is 0 Å². The van der Waals surface area contributed by atoms with Gasteiger partial charge in [0.05, 0.1) is 22.9 Å². The van der Waals surface area contributed by atoms with Crippen molar-refractivity contribution < 1.29 is 4.57 Å². The molecular formula is C10H12NOPS2. The third-order valence-electron chi connectivity index (χ3n) is 1.77. The lowest BCUT2D eigenvalue weighted by Gasteiger charge is -2.02. The van der Waals surface area contributed by atoms with E-state index in [1.165, 1.54) is 4.70 Å². The molecule has 80 valence electrons. The summed E-state index contributed by atoms with van der Waals surface area (Å²) in [6.45, 7) is 3.63. The summed E-state index contributed by atoms with van der Waals surface area (Å²) in [7, 11) is -1.94. The summed E-state index contributed by atoms with van der Waals surface area (Å²) < 4.78 is 13.8. The number of hydrogen-bond donors (Lipinski definition) is 0. The molecule has 0 radical (unpaired) electrons. The largest absolute Gasteiger partial charge is 0.323 e. The monoisotopic (exact) mass is 257 g/mol. The van der Waals surface area contributed by atoms with Gasteiger partial charge in [0.15, 0.2) is 4.34 Å². The van der Waals surface area contributed by atoms with E-state index in [1.807, 2.05) is 31.5 Å². The van der Waals surface area contributed by atoms with Crippen molar-refractivity contribution in [3.8, 4) is 0 Å². The number of para-hydroxylation sites is 1. The third-order valence-corrected chi connectivity index (χ3v) is 6.55. The van der Waals surface area contributed by atoms with Gasteiger partial charge < -0.3 is 4.57 Å². The molecule has 0 N–H and O–H groups in total. The molecule has 0 saturated heterocycles. The van der Waals surface area contributed by atoms with Crippen molar-refractivity contribution >= 4 is 40.5 Å². The summed E-state index contributed by atoms with van der Waals surface area (Å²) in [5.74, 6) is 0. The fraction of sp³-hybridized carbons (Fsp3) is 0.300. The number of hydrogen-bond acceptors (Lipinski definition) is 4. The Balaban J connectivity index is 2.19. The van der Waals surface area contributed by atoms with Crippen LogP contribution in [0, 0.1) is 0 Å². The number of thiazole rings is 1. The lowest BCUT2D eigenvalue weighted by molar-refractivity contribution is 0.585. The molecule has 0 saturated carbocycles. The van der Waals surface area contributed by atoms with Crippen LogP contribution in [0.4, 0.5) is 0 Å². The van der Waals surface area contributed by atoms with Crippen molar-refractivity contribution in [3.05, 3.63) is 24.3 Å². The molecule has 0 atom stereocenters. The molecule has 0 aliphatic rings. The Bertz CT molecular complexity index is 484. The summed E-state index contributed by atoms with van der Waals surface area (Å²) in [6.07, 6.45) is 0. The molecule has 2 aromatic rings. The van der Waals surface area contributed by atoms with Gasteiger partial charge in [0.25, 0.3) is 0 Å². The van der Waals surface area contributed by atoms with Crippen LogP contribution >= 0.6 is 30.2 Å². The van der Waals surface area contributed by atoms with Crippen LogP contribution in [-0.4, -0.2) is 23.8 Å². The van der Waals surface area contributed by atoms with Crippen molar-refractivity contribution in [1.29, 1.82) is 0 Å². The lowest BCUT2D eigenvalue weighted by Crippen LogP contribution is -1.79. The summed E-state index contributed by atoms with van der Waals surface area (Å²) in [6, 6.07) is 8.07. The van der Waals surface area contributed by atoms with Gasteiger partial charge in [-0.3, -0.25) is 0 Å². The molecule has 5 heteroatoms. The Labute approximate surface area is 97.5 Å². The normalized spacial score (nSPS) is 12.1. The Morgan fingerprint density at radius 2 is 2.13 bits per heavy atom. The molecule has 2 rings (SSSR count). The van der Waals surface area contributed by atoms with E-state index in [0.717, 1.165) is 9.86 Å². The standard InChI is InChI=1S/C10H12NOPS2/c1-13(2,12)7-14-10-11-8-5-3-4-6-9(8)15-10/h3-6H,7H2,1-2H3. The molecule has 0 bridgehead atoms. The molecule has 0 aliphatic carbocycles. The molecule has 0 spiro atoms. The van der Waals surface area contributed by atoms with Gasteiger partial charge in [-0.15, -0.1) is 11.3 Å². The van der Waals surface area contributed by atoms with Gasteiger partial charge >= 0.3 is 0 Å². The van der Waals surface area contributed by atoms with Gasteiger partial charge in [0.2, 0.25) is 0 Å². The van der Waals surface area contributed by atoms with E-state index < -0.39 is 7.14 Å². The van der Waals surface area contributed by atoms with Gasteiger partial charge in [0, 0.05) is 0 Å². The average Bonchev–Trinajstić information content (AvgIpc) is 2.56. The first-order chi connectivity index (χ1) is 7.04. The quantitative estimate of drug-likeness (QED) is 0.615. The second kappa shape index (κ2) is 4.28. The summed E-state index contributed by atoms with van der Waals surface area (Å²) in [5.41, 5.74) is 1.71.